The van der Waals surface area contributed by atoms with Crippen molar-refractivity contribution < 1.29 is 9.53 Å². The molecule has 0 bridgehead atoms. The number of amides is 1. The van der Waals surface area contributed by atoms with Gasteiger partial charge in [0.2, 0.25) is 0 Å². The van der Waals surface area contributed by atoms with Gasteiger partial charge < -0.3 is 15.0 Å². The van der Waals surface area contributed by atoms with Gasteiger partial charge in [-0.1, -0.05) is 23.4 Å². The summed E-state index contributed by atoms with van der Waals surface area (Å²) in [6.07, 6.45) is 4.29. The molecule has 0 saturated carbocycles. The molecule has 0 unspecified atom stereocenters. The lowest BCUT2D eigenvalue weighted by Crippen LogP contribution is -2.26. The number of hydrogen-bond donors (Lipinski definition) is 2. The van der Waals surface area contributed by atoms with E-state index in [1.807, 2.05) is 54.7 Å². The molecule has 4 aromatic rings. The van der Waals surface area contributed by atoms with Crippen LogP contribution in [0.2, 0.25) is 0 Å². The Morgan fingerprint density at radius 3 is 2.89 bits per heavy atom. The first-order valence-electron chi connectivity index (χ1n) is 8.64. The molecule has 0 aliphatic carbocycles. The molecule has 0 spiro atoms. The number of nitrogens with one attached hydrogen (secondary N) is 2. The summed E-state index contributed by atoms with van der Waals surface area (Å²) >= 11 is 0. The van der Waals surface area contributed by atoms with Gasteiger partial charge in [0.05, 0.1) is 19.0 Å². The molecule has 0 aliphatic rings. The van der Waals surface area contributed by atoms with Gasteiger partial charge in [0.25, 0.3) is 5.91 Å². The van der Waals surface area contributed by atoms with E-state index >= 15 is 0 Å². The normalized spacial score (nSPS) is 10.9. The molecule has 0 aliphatic heterocycles. The van der Waals surface area contributed by atoms with E-state index in [0.717, 1.165) is 27.9 Å². The maximum absolute atomic E-state index is 12.3. The number of ether oxygens (including phenoxy) is 1. The van der Waals surface area contributed by atoms with Crippen LogP contribution in [0.1, 0.15) is 16.1 Å². The lowest BCUT2D eigenvalue weighted by molar-refractivity contribution is 0.0949. The Morgan fingerprint density at radius 1 is 1.22 bits per heavy atom. The van der Waals surface area contributed by atoms with Gasteiger partial charge in [-0.3, -0.25) is 4.79 Å². The van der Waals surface area contributed by atoms with Crippen molar-refractivity contribution in [2.24, 2.45) is 0 Å². The molecule has 2 heterocycles. The number of hydrogen-bond acceptors (Lipinski definition) is 4. The van der Waals surface area contributed by atoms with Crippen molar-refractivity contribution in [3.63, 3.8) is 0 Å². The van der Waals surface area contributed by atoms with Crippen LogP contribution in [0.15, 0.2) is 60.9 Å². The molecule has 2 N–H and O–H groups in total. The van der Waals surface area contributed by atoms with Crippen molar-refractivity contribution >= 4 is 16.8 Å². The van der Waals surface area contributed by atoms with Gasteiger partial charge in [0, 0.05) is 23.6 Å². The molecular formula is C20H19N5O2. The zero-order chi connectivity index (χ0) is 18.6. The summed E-state index contributed by atoms with van der Waals surface area (Å²) in [6.45, 7) is 0.501. The Hall–Kier alpha value is -3.61. The van der Waals surface area contributed by atoms with E-state index in [1.165, 1.54) is 0 Å². The minimum Gasteiger partial charge on any atom is -0.497 e. The molecule has 4 rings (SSSR count). The lowest BCUT2D eigenvalue weighted by atomic mass is 10.1. The number of para-hydroxylation sites is 1. The monoisotopic (exact) mass is 361 g/mol. The quantitative estimate of drug-likeness (QED) is 0.553. The molecule has 0 radical (unpaired) electrons. The summed E-state index contributed by atoms with van der Waals surface area (Å²) in [5, 5.41) is 12.0. The highest BCUT2D eigenvalue weighted by molar-refractivity contribution is 5.92. The fourth-order valence-corrected chi connectivity index (χ4v) is 2.97. The molecule has 27 heavy (non-hydrogen) atoms. The van der Waals surface area contributed by atoms with Gasteiger partial charge >= 0.3 is 0 Å². The summed E-state index contributed by atoms with van der Waals surface area (Å²) in [6, 6.07) is 15.4. The molecular weight excluding hydrogens is 342 g/mol. The third-order valence-electron chi connectivity index (χ3n) is 4.40. The number of rotatable bonds is 6. The van der Waals surface area contributed by atoms with Crippen molar-refractivity contribution in [3.8, 4) is 11.4 Å². The molecule has 0 atom stereocenters. The fourth-order valence-electron chi connectivity index (χ4n) is 2.97. The van der Waals surface area contributed by atoms with E-state index in [1.54, 1.807) is 18.0 Å². The van der Waals surface area contributed by atoms with Gasteiger partial charge in [-0.15, -0.1) is 5.10 Å². The summed E-state index contributed by atoms with van der Waals surface area (Å²) in [5.74, 6) is 0.569. The second-order valence-corrected chi connectivity index (χ2v) is 6.12. The SMILES string of the molecule is COc1ccc2[nH]cc(CCNC(=O)c3cn(-c4ccccc4)nn3)c2c1. The third kappa shape index (κ3) is 3.52. The van der Waals surface area contributed by atoms with Crippen LogP contribution in [0.5, 0.6) is 5.75 Å². The molecule has 0 saturated heterocycles. The molecule has 2 aromatic carbocycles. The number of methoxy groups -OCH3 is 1. The van der Waals surface area contributed by atoms with Crippen molar-refractivity contribution in [1.29, 1.82) is 0 Å². The number of carbonyl (C=O) groups is 1. The number of H-pyrrole nitrogens is 1. The average Bonchev–Trinajstić information content (AvgIpc) is 3.36. The zero-order valence-electron chi connectivity index (χ0n) is 14.8. The van der Waals surface area contributed by atoms with Crippen LogP contribution in [0.3, 0.4) is 0 Å². The number of aromatic amines is 1. The first-order valence-corrected chi connectivity index (χ1v) is 8.64. The summed E-state index contributed by atoms with van der Waals surface area (Å²) in [7, 11) is 1.65. The number of nitrogens with zero attached hydrogens (tertiary/aromatic N) is 3. The first kappa shape index (κ1) is 16.8. The Balaban J connectivity index is 1.40. The Bertz CT molecular complexity index is 1070. The highest BCUT2D eigenvalue weighted by atomic mass is 16.5. The number of carbonyl (C=O) groups excluding carboxylic acids is 1. The van der Waals surface area contributed by atoms with Gasteiger partial charge in [-0.2, -0.15) is 0 Å². The smallest absolute Gasteiger partial charge is 0.273 e. The van der Waals surface area contributed by atoms with Crippen LogP contribution in [0.4, 0.5) is 0 Å². The number of aromatic nitrogens is 4. The molecule has 7 nitrogen and oxygen atoms in total. The Morgan fingerprint density at radius 2 is 2.07 bits per heavy atom. The van der Waals surface area contributed by atoms with Crippen molar-refractivity contribution in [2.45, 2.75) is 6.42 Å². The van der Waals surface area contributed by atoms with Crippen molar-refractivity contribution in [3.05, 3.63) is 72.2 Å². The minimum atomic E-state index is -0.241. The maximum atomic E-state index is 12.3. The standard InChI is InChI=1S/C20H19N5O2/c1-27-16-7-8-18-17(11-16)14(12-22-18)9-10-21-20(26)19-13-25(24-23-19)15-5-3-2-4-6-15/h2-8,11-13,22H,9-10H2,1H3,(H,21,26). The lowest BCUT2D eigenvalue weighted by Gasteiger charge is -2.04. The summed E-state index contributed by atoms with van der Waals surface area (Å²) in [5.41, 5.74) is 3.32. The largest absolute Gasteiger partial charge is 0.497 e. The highest BCUT2D eigenvalue weighted by Gasteiger charge is 2.12. The van der Waals surface area contributed by atoms with Gasteiger partial charge in [0.1, 0.15) is 5.75 Å². The third-order valence-corrected chi connectivity index (χ3v) is 4.40. The van der Waals surface area contributed by atoms with Crippen LogP contribution in [0, 0.1) is 0 Å². The topological polar surface area (TPSA) is 84.8 Å². The Labute approximate surface area is 156 Å². The van der Waals surface area contributed by atoms with E-state index in [9.17, 15) is 4.79 Å². The second-order valence-electron chi connectivity index (χ2n) is 6.12. The maximum Gasteiger partial charge on any atom is 0.273 e. The molecule has 7 heteroatoms. The fraction of sp³-hybridized carbons (Fsp3) is 0.150. The van der Waals surface area contributed by atoms with Crippen LogP contribution < -0.4 is 10.1 Å². The van der Waals surface area contributed by atoms with E-state index in [0.29, 0.717) is 18.7 Å². The molecule has 1 amide bonds. The van der Waals surface area contributed by atoms with E-state index < -0.39 is 0 Å². The first-order chi connectivity index (χ1) is 13.2. The van der Waals surface area contributed by atoms with Gasteiger partial charge in [-0.25, -0.2) is 4.68 Å². The van der Waals surface area contributed by atoms with Crippen molar-refractivity contribution in [1.82, 2.24) is 25.3 Å². The average molecular weight is 361 g/mol. The van der Waals surface area contributed by atoms with Gasteiger partial charge in [0.15, 0.2) is 5.69 Å². The molecule has 2 aromatic heterocycles. The molecule has 136 valence electrons. The summed E-state index contributed by atoms with van der Waals surface area (Å²) in [4.78, 5) is 15.6. The molecule has 0 fully saturated rings. The van der Waals surface area contributed by atoms with E-state index in [-0.39, 0.29) is 5.91 Å². The number of benzene rings is 2. The summed E-state index contributed by atoms with van der Waals surface area (Å²) < 4.78 is 6.87. The van der Waals surface area contributed by atoms with E-state index in [4.69, 9.17) is 4.74 Å². The van der Waals surface area contributed by atoms with Crippen LogP contribution in [-0.4, -0.2) is 39.5 Å². The van der Waals surface area contributed by atoms with E-state index in [2.05, 4.69) is 20.6 Å². The highest BCUT2D eigenvalue weighted by Crippen LogP contribution is 2.23. The Kier molecular flexibility index (Phi) is 4.57. The predicted octanol–water partition coefficient (Wildman–Crippen LogP) is 2.73. The number of fused-ring (bicyclic) bond motifs is 1. The predicted molar refractivity (Wildman–Crippen MR) is 102 cm³/mol. The second kappa shape index (κ2) is 7.33. The zero-order valence-corrected chi connectivity index (χ0v) is 14.8. The van der Waals surface area contributed by atoms with Crippen LogP contribution in [0.25, 0.3) is 16.6 Å². The van der Waals surface area contributed by atoms with Crippen molar-refractivity contribution in [2.75, 3.05) is 13.7 Å². The van der Waals surface area contributed by atoms with Gasteiger partial charge in [-0.05, 0) is 42.3 Å². The minimum absolute atomic E-state index is 0.241. The van der Waals surface area contributed by atoms with Crippen LogP contribution in [-0.2, 0) is 6.42 Å². The van der Waals surface area contributed by atoms with Crippen LogP contribution >= 0.6 is 0 Å².